The molecule has 15 heavy (non-hydrogen) atoms. The molecular weight excluding hydrogens is 236 g/mol. The van der Waals surface area contributed by atoms with Gasteiger partial charge in [-0.3, -0.25) is 4.79 Å². The summed E-state index contributed by atoms with van der Waals surface area (Å²) < 4.78 is -0.358. The Morgan fingerprint density at radius 1 is 1.53 bits per heavy atom. The number of fused-ring (bicyclic) bond motifs is 1. The van der Waals surface area contributed by atoms with Crippen LogP contribution in [0.4, 0.5) is 0 Å². The zero-order chi connectivity index (χ0) is 9.80. The molecule has 0 aromatic rings. The first-order chi connectivity index (χ1) is 5.93. The van der Waals surface area contributed by atoms with Crippen molar-refractivity contribution in [2.24, 2.45) is 0 Å². The summed E-state index contributed by atoms with van der Waals surface area (Å²) in [6.45, 7) is 3.75. The number of carbonyl (C=O) groups is 2. The van der Waals surface area contributed by atoms with E-state index in [2.05, 4.69) is 0 Å². The van der Waals surface area contributed by atoms with Crippen LogP contribution in [0.3, 0.4) is 0 Å². The van der Waals surface area contributed by atoms with Crippen LogP contribution in [0.1, 0.15) is 20.3 Å². The molecule has 7 heteroatoms. The van der Waals surface area contributed by atoms with Crippen LogP contribution < -0.4 is 0 Å². The van der Waals surface area contributed by atoms with Gasteiger partial charge in [0.05, 0.1) is 11.8 Å². The summed E-state index contributed by atoms with van der Waals surface area (Å²) in [5.41, 5.74) is 0. The van der Waals surface area contributed by atoms with Gasteiger partial charge in [0, 0.05) is 4.75 Å². The number of β-lactam (4-membered cyclic amide) rings is 1. The Morgan fingerprint density at radius 2 is 2.07 bits per heavy atom. The predicted octanol–water partition coefficient (Wildman–Crippen LogP) is -0.774. The number of rotatable bonds is 1. The van der Waals surface area contributed by atoms with Gasteiger partial charge in [0.2, 0.25) is 5.91 Å². The Balaban J connectivity index is 0.000000980. The molecule has 1 amide bonds. The van der Waals surface area contributed by atoms with Gasteiger partial charge >= 0.3 is 65.1 Å². The molecule has 0 radical (unpaired) electrons. The maximum absolute atomic E-state index is 11.2. The minimum absolute atomic E-state index is 0. The molecule has 0 aliphatic carbocycles. The zero-order valence-electron chi connectivity index (χ0n) is 7.48. The third-order valence-corrected chi connectivity index (χ3v) is 4.05. The number of thioether (sulfide) groups is 1. The van der Waals surface area contributed by atoms with Crippen molar-refractivity contribution in [1.82, 2.24) is 4.90 Å². The number of carboxylic acid groups (broad SMARTS) is 1. The SMILES string of the molecule is CC1(C)S[C@@H]2CC(=O)N2[C@H]1C(=O)O.[NaH].[NaH]. The average Bonchev–Trinajstić information content (AvgIpc) is 2.18. The number of nitrogens with zero attached hydrogens (tertiary/aromatic N) is 1. The Hall–Kier alpha value is 1.29. The molecule has 0 unspecified atom stereocenters. The van der Waals surface area contributed by atoms with Crippen LogP contribution in [0.2, 0.25) is 0 Å². The van der Waals surface area contributed by atoms with Crippen molar-refractivity contribution < 1.29 is 14.7 Å². The van der Waals surface area contributed by atoms with E-state index in [1.807, 2.05) is 13.8 Å². The quantitative estimate of drug-likeness (QED) is 0.489. The summed E-state index contributed by atoms with van der Waals surface area (Å²) in [6.07, 6.45) is 0.498. The molecule has 4 nitrogen and oxygen atoms in total. The van der Waals surface area contributed by atoms with Gasteiger partial charge in [-0.15, -0.1) is 11.8 Å². The summed E-state index contributed by atoms with van der Waals surface area (Å²) in [5.74, 6) is -0.927. The van der Waals surface area contributed by atoms with E-state index in [-0.39, 0.29) is 75.1 Å². The van der Waals surface area contributed by atoms with Crippen LogP contribution in [0.15, 0.2) is 0 Å². The van der Waals surface area contributed by atoms with Gasteiger partial charge < -0.3 is 10.0 Å². The first-order valence-corrected chi connectivity index (χ1v) is 5.03. The van der Waals surface area contributed by atoms with Gasteiger partial charge in [-0.2, -0.15) is 0 Å². The maximum atomic E-state index is 11.2. The van der Waals surface area contributed by atoms with Crippen LogP contribution in [0, 0.1) is 0 Å². The Labute approximate surface area is 137 Å². The Bertz CT molecular complexity index is 298. The van der Waals surface area contributed by atoms with E-state index >= 15 is 0 Å². The summed E-state index contributed by atoms with van der Waals surface area (Å²) in [7, 11) is 0. The second-order valence-corrected chi connectivity index (χ2v) is 5.75. The molecule has 2 rings (SSSR count). The van der Waals surface area contributed by atoms with Crippen LogP contribution in [0.5, 0.6) is 0 Å². The zero-order valence-corrected chi connectivity index (χ0v) is 8.30. The van der Waals surface area contributed by atoms with E-state index in [0.29, 0.717) is 6.42 Å². The summed E-state index contributed by atoms with van der Waals surface area (Å²) >= 11 is 1.58. The van der Waals surface area contributed by atoms with Crippen molar-refractivity contribution in [2.45, 2.75) is 36.4 Å². The van der Waals surface area contributed by atoms with E-state index in [1.165, 1.54) is 4.90 Å². The van der Waals surface area contributed by atoms with Gasteiger partial charge in [0.1, 0.15) is 6.04 Å². The van der Waals surface area contributed by atoms with Gasteiger partial charge in [-0.05, 0) is 13.8 Å². The fourth-order valence-electron chi connectivity index (χ4n) is 1.98. The van der Waals surface area contributed by atoms with Crippen LogP contribution in [-0.2, 0) is 9.59 Å². The molecule has 76 valence electrons. The first kappa shape index (κ1) is 16.3. The summed E-state index contributed by atoms with van der Waals surface area (Å²) in [5, 5.41) is 9.08. The predicted molar refractivity (Wildman–Crippen MR) is 62.6 cm³/mol. The molecule has 1 N–H and O–H groups in total. The van der Waals surface area contributed by atoms with Crippen LogP contribution >= 0.6 is 11.8 Å². The molecule has 2 fully saturated rings. The molecule has 0 spiro atoms. The fourth-order valence-corrected chi connectivity index (χ4v) is 3.60. The molecule has 2 heterocycles. The van der Waals surface area contributed by atoms with Crippen molar-refractivity contribution in [1.29, 1.82) is 0 Å². The van der Waals surface area contributed by atoms with Gasteiger partial charge in [-0.1, -0.05) is 0 Å². The topological polar surface area (TPSA) is 57.6 Å². The van der Waals surface area contributed by atoms with Crippen molar-refractivity contribution in [3.63, 3.8) is 0 Å². The minimum atomic E-state index is -0.895. The van der Waals surface area contributed by atoms with Crippen molar-refractivity contribution in [3.8, 4) is 0 Å². The normalized spacial score (nSPS) is 30.8. The standard InChI is InChI=1S/C8H11NO3S.2Na.2H/c1-8(2)6(7(11)12)9-4(10)3-5(9)13-8;;;;/h5-6H,3H2,1-2H3,(H,11,12);;;;/t5-,6+;;;;/m1..../s1. The van der Waals surface area contributed by atoms with Gasteiger partial charge in [0.15, 0.2) is 0 Å². The average molecular weight is 249 g/mol. The molecule has 2 aliphatic rings. The van der Waals surface area contributed by atoms with Gasteiger partial charge in [0.25, 0.3) is 0 Å². The molecule has 0 aromatic carbocycles. The number of hydrogen-bond acceptors (Lipinski definition) is 3. The molecule has 0 aromatic heterocycles. The van der Waals surface area contributed by atoms with Crippen LogP contribution in [-0.4, -0.2) is 97.2 Å². The second kappa shape index (κ2) is 5.29. The van der Waals surface area contributed by atoms with Gasteiger partial charge in [-0.25, -0.2) is 4.79 Å². The number of amides is 1. The van der Waals surface area contributed by atoms with E-state index in [9.17, 15) is 9.59 Å². The third kappa shape index (κ3) is 2.59. The molecular formula is C8H13NNa2O3S. The first-order valence-electron chi connectivity index (χ1n) is 4.15. The Morgan fingerprint density at radius 3 is 2.40 bits per heavy atom. The van der Waals surface area contributed by atoms with Crippen LogP contribution in [0.25, 0.3) is 0 Å². The number of aliphatic carboxylic acids is 1. The number of carboxylic acids is 1. The molecule has 2 aliphatic heterocycles. The van der Waals surface area contributed by atoms with Crippen molar-refractivity contribution in [3.05, 3.63) is 0 Å². The van der Waals surface area contributed by atoms with E-state index < -0.39 is 12.0 Å². The van der Waals surface area contributed by atoms with Crippen molar-refractivity contribution in [2.75, 3.05) is 0 Å². The second-order valence-electron chi connectivity index (χ2n) is 3.92. The third-order valence-electron chi connectivity index (χ3n) is 2.56. The number of carbonyl (C=O) groups excluding carboxylic acids is 1. The molecule has 2 atom stereocenters. The summed E-state index contributed by atoms with van der Waals surface area (Å²) in [4.78, 5) is 23.6. The van der Waals surface area contributed by atoms with E-state index in [4.69, 9.17) is 5.11 Å². The fraction of sp³-hybridized carbons (Fsp3) is 0.750. The molecule has 0 bridgehead atoms. The monoisotopic (exact) mass is 249 g/mol. The molecule has 2 saturated heterocycles. The molecule has 0 saturated carbocycles. The van der Waals surface area contributed by atoms with E-state index in [1.54, 1.807) is 11.8 Å². The van der Waals surface area contributed by atoms with E-state index in [0.717, 1.165) is 0 Å². The number of hydrogen-bond donors (Lipinski definition) is 1. The van der Waals surface area contributed by atoms with Crippen molar-refractivity contribution >= 4 is 82.8 Å². The summed E-state index contributed by atoms with van der Waals surface area (Å²) in [6, 6.07) is -0.649. The Kier molecular flexibility index (Phi) is 5.75.